The fourth-order valence-electron chi connectivity index (χ4n) is 3.38. The van der Waals surface area contributed by atoms with Crippen molar-refractivity contribution in [1.82, 2.24) is 13.9 Å². The van der Waals surface area contributed by atoms with E-state index in [1.165, 1.54) is 43.2 Å². The molecule has 6 nitrogen and oxygen atoms in total. The van der Waals surface area contributed by atoms with Crippen molar-refractivity contribution in [2.24, 2.45) is 0 Å². The summed E-state index contributed by atoms with van der Waals surface area (Å²) in [5.41, 5.74) is 1.06. The highest BCUT2D eigenvalue weighted by Gasteiger charge is 2.24. The molecule has 0 saturated carbocycles. The lowest BCUT2D eigenvalue weighted by Gasteiger charge is -2.08. The molecule has 0 amide bonds. The van der Waals surface area contributed by atoms with Gasteiger partial charge in [-0.05, 0) is 30.3 Å². The molecule has 0 bridgehead atoms. The molecule has 0 spiro atoms. The Morgan fingerprint density at radius 3 is 2.45 bits per heavy atom. The fraction of sp³-hybridized carbons (Fsp3) is 0. The van der Waals surface area contributed by atoms with E-state index in [1.807, 2.05) is 0 Å². The van der Waals surface area contributed by atoms with Gasteiger partial charge in [0.2, 0.25) is 0 Å². The van der Waals surface area contributed by atoms with Gasteiger partial charge in [-0.3, -0.25) is 0 Å². The summed E-state index contributed by atoms with van der Waals surface area (Å²) in [7, 11) is -3.96. The second-order valence-electron chi connectivity index (χ2n) is 6.74. The molecule has 0 aliphatic rings. The molecule has 31 heavy (non-hydrogen) atoms. The van der Waals surface area contributed by atoms with Crippen molar-refractivity contribution in [3.05, 3.63) is 91.2 Å². The van der Waals surface area contributed by atoms with Crippen molar-refractivity contribution in [3.8, 4) is 22.5 Å². The summed E-state index contributed by atoms with van der Waals surface area (Å²) >= 11 is 0. The smallest absolute Gasteiger partial charge is 0.269 e. The number of pyridine rings is 1. The minimum Gasteiger partial charge on any atom is -0.443 e. The molecule has 5 rings (SSSR count). The minimum atomic E-state index is -3.96. The zero-order chi connectivity index (χ0) is 21.6. The van der Waals surface area contributed by atoms with E-state index in [9.17, 15) is 17.2 Å². The Kier molecular flexibility index (Phi) is 4.40. The summed E-state index contributed by atoms with van der Waals surface area (Å²) in [6.45, 7) is 0. The first-order valence-corrected chi connectivity index (χ1v) is 10.5. The highest BCUT2D eigenvalue weighted by molar-refractivity contribution is 7.90. The van der Waals surface area contributed by atoms with Gasteiger partial charge in [-0.15, -0.1) is 0 Å². The van der Waals surface area contributed by atoms with Gasteiger partial charge in [0.25, 0.3) is 10.0 Å². The average Bonchev–Trinajstić information content (AvgIpc) is 3.42. The summed E-state index contributed by atoms with van der Waals surface area (Å²) in [6, 6.07) is 12.8. The Labute approximate surface area is 175 Å². The van der Waals surface area contributed by atoms with E-state index in [4.69, 9.17) is 4.42 Å². The summed E-state index contributed by atoms with van der Waals surface area (Å²) in [6.07, 6.45) is 5.41. The molecule has 2 aromatic carbocycles. The third kappa shape index (κ3) is 3.19. The Hall–Kier alpha value is -3.85. The van der Waals surface area contributed by atoms with Crippen LogP contribution in [0.15, 0.2) is 88.9 Å². The normalized spacial score (nSPS) is 11.8. The Morgan fingerprint density at radius 2 is 1.74 bits per heavy atom. The Morgan fingerprint density at radius 1 is 0.935 bits per heavy atom. The number of benzene rings is 2. The molecule has 0 atom stereocenters. The summed E-state index contributed by atoms with van der Waals surface area (Å²) < 4.78 is 60.6. The van der Waals surface area contributed by atoms with Crippen LogP contribution in [0.4, 0.5) is 8.78 Å². The number of fused-ring (bicyclic) bond motifs is 1. The van der Waals surface area contributed by atoms with Crippen LogP contribution >= 0.6 is 0 Å². The number of halogens is 2. The van der Waals surface area contributed by atoms with Crippen LogP contribution in [0.3, 0.4) is 0 Å². The lowest BCUT2D eigenvalue weighted by molar-refractivity contribution is 0.572. The van der Waals surface area contributed by atoms with Crippen molar-refractivity contribution >= 4 is 21.1 Å². The molecule has 154 valence electrons. The van der Waals surface area contributed by atoms with Crippen molar-refractivity contribution < 1.29 is 21.6 Å². The number of oxazole rings is 1. The van der Waals surface area contributed by atoms with Crippen molar-refractivity contribution in [1.29, 1.82) is 0 Å². The third-order valence-electron chi connectivity index (χ3n) is 4.85. The van der Waals surface area contributed by atoms with Crippen LogP contribution < -0.4 is 0 Å². The van der Waals surface area contributed by atoms with Crippen LogP contribution in [0.2, 0.25) is 0 Å². The van der Waals surface area contributed by atoms with Crippen LogP contribution in [0.1, 0.15) is 0 Å². The maximum atomic E-state index is 14.3. The zero-order valence-electron chi connectivity index (χ0n) is 15.7. The van der Waals surface area contributed by atoms with Crippen LogP contribution in [0.5, 0.6) is 0 Å². The number of aromatic nitrogens is 3. The third-order valence-corrected chi connectivity index (χ3v) is 6.52. The summed E-state index contributed by atoms with van der Waals surface area (Å²) in [5.74, 6) is -1.12. The molecule has 0 fully saturated rings. The lowest BCUT2D eigenvalue weighted by Crippen LogP contribution is -2.12. The van der Waals surface area contributed by atoms with E-state index in [0.29, 0.717) is 22.3 Å². The predicted octanol–water partition coefficient (Wildman–Crippen LogP) is 4.87. The Bertz CT molecular complexity index is 1510. The van der Waals surface area contributed by atoms with Gasteiger partial charge in [0.1, 0.15) is 11.6 Å². The topological polar surface area (TPSA) is 78.0 Å². The number of hydrogen-bond donors (Lipinski definition) is 0. The van der Waals surface area contributed by atoms with E-state index in [0.717, 1.165) is 16.1 Å². The van der Waals surface area contributed by atoms with Gasteiger partial charge in [0.15, 0.2) is 17.8 Å². The standard InChI is InChI=1S/C22H13F2N3O3S/c23-15-6-7-17(20(24)9-15)14-8-18-19(21-11-25-13-30-21)12-27(22(18)26-10-14)31(28,29)16-4-2-1-3-5-16/h1-13H. The first-order valence-electron chi connectivity index (χ1n) is 9.11. The van der Waals surface area contributed by atoms with Gasteiger partial charge in [-0.2, -0.15) is 0 Å². The van der Waals surface area contributed by atoms with Gasteiger partial charge in [-0.25, -0.2) is 31.1 Å². The van der Waals surface area contributed by atoms with E-state index >= 15 is 0 Å². The largest absolute Gasteiger partial charge is 0.443 e. The molecule has 3 aromatic heterocycles. The van der Waals surface area contributed by atoms with Crippen molar-refractivity contribution in [2.75, 3.05) is 0 Å². The van der Waals surface area contributed by atoms with Gasteiger partial charge in [0.05, 0.1) is 11.1 Å². The fourth-order valence-corrected chi connectivity index (χ4v) is 4.73. The maximum Gasteiger partial charge on any atom is 0.269 e. The SMILES string of the molecule is O=S(=O)(c1ccccc1)n1cc(-c2cnco2)c2cc(-c3ccc(F)cc3F)cnc21. The van der Waals surface area contributed by atoms with Gasteiger partial charge >= 0.3 is 0 Å². The van der Waals surface area contributed by atoms with E-state index < -0.39 is 21.7 Å². The first kappa shape index (κ1) is 19.1. The van der Waals surface area contributed by atoms with Gasteiger partial charge in [-0.1, -0.05) is 18.2 Å². The summed E-state index contributed by atoms with van der Waals surface area (Å²) in [5, 5.41) is 0.414. The molecule has 0 aliphatic heterocycles. The monoisotopic (exact) mass is 437 g/mol. The predicted molar refractivity (Wildman–Crippen MR) is 110 cm³/mol. The molecular weight excluding hydrogens is 424 g/mol. The Balaban J connectivity index is 1.78. The minimum absolute atomic E-state index is 0.0893. The van der Waals surface area contributed by atoms with E-state index in [1.54, 1.807) is 24.3 Å². The van der Waals surface area contributed by atoms with E-state index in [-0.39, 0.29) is 16.1 Å². The molecule has 0 saturated heterocycles. The second kappa shape index (κ2) is 7.13. The highest BCUT2D eigenvalue weighted by Crippen LogP contribution is 2.35. The quantitative estimate of drug-likeness (QED) is 0.401. The maximum absolute atomic E-state index is 14.3. The highest BCUT2D eigenvalue weighted by atomic mass is 32.2. The molecule has 5 aromatic rings. The molecule has 0 N–H and O–H groups in total. The number of rotatable bonds is 4. The van der Waals surface area contributed by atoms with Gasteiger partial charge in [0, 0.05) is 40.5 Å². The molecule has 3 heterocycles. The van der Waals surface area contributed by atoms with Crippen LogP contribution in [-0.4, -0.2) is 22.4 Å². The average molecular weight is 437 g/mol. The molecule has 0 aliphatic carbocycles. The van der Waals surface area contributed by atoms with Crippen molar-refractivity contribution in [2.45, 2.75) is 4.90 Å². The molecule has 0 radical (unpaired) electrons. The van der Waals surface area contributed by atoms with Crippen LogP contribution in [0.25, 0.3) is 33.5 Å². The zero-order valence-corrected chi connectivity index (χ0v) is 16.6. The lowest BCUT2D eigenvalue weighted by atomic mass is 10.0. The number of nitrogens with zero attached hydrogens (tertiary/aromatic N) is 3. The van der Waals surface area contributed by atoms with Crippen LogP contribution in [0, 0.1) is 11.6 Å². The summed E-state index contributed by atoms with van der Waals surface area (Å²) in [4.78, 5) is 8.29. The van der Waals surface area contributed by atoms with Gasteiger partial charge < -0.3 is 4.42 Å². The first-order chi connectivity index (χ1) is 14.9. The number of hydrogen-bond acceptors (Lipinski definition) is 5. The van der Waals surface area contributed by atoms with Crippen molar-refractivity contribution in [3.63, 3.8) is 0 Å². The van der Waals surface area contributed by atoms with E-state index in [2.05, 4.69) is 9.97 Å². The second-order valence-corrected chi connectivity index (χ2v) is 8.56. The molecule has 9 heteroatoms. The molecular formula is C22H13F2N3O3S. The molecule has 0 unspecified atom stereocenters. The van der Waals surface area contributed by atoms with Crippen LogP contribution in [-0.2, 0) is 10.0 Å².